The highest BCUT2D eigenvalue weighted by molar-refractivity contribution is 7.90. The van der Waals surface area contributed by atoms with Gasteiger partial charge in [-0.25, -0.2) is 32.1 Å². The van der Waals surface area contributed by atoms with Gasteiger partial charge in [0, 0.05) is 86.5 Å². The van der Waals surface area contributed by atoms with Crippen LogP contribution in [-0.4, -0.2) is 145 Å². The van der Waals surface area contributed by atoms with Crippen LogP contribution in [-0.2, 0) is 137 Å². The molecule has 42 heteroatoms. The Balaban J connectivity index is 0.000000181. The third-order valence-electron chi connectivity index (χ3n) is 23.3. The lowest BCUT2D eigenvalue weighted by atomic mass is 9.88. The van der Waals surface area contributed by atoms with E-state index in [-0.39, 0.29) is 105 Å². The van der Waals surface area contributed by atoms with E-state index in [0.717, 1.165) is 59.2 Å². The first-order chi connectivity index (χ1) is 67.3. The molecular weight excluding hydrogens is 1900 g/mol. The summed E-state index contributed by atoms with van der Waals surface area (Å²) in [6.45, 7) is 47.9. The molecule has 0 bridgehead atoms. The van der Waals surface area contributed by atoms with Crippen LogP contribution in [0.5, 0.6) is 0 Å². The predicted octanol–water partition coefficient (Wildman–Crippen LogP) is 14.8. The molecule has 0 saturated heterocycles. The van der Waals surface area contributed by atoms with Gasteiger partial charge in [-0.1, -0.05) is 59.5 Å². The molecule has 35 nitrogen and oxygen atoms in total. The molecule has 4 amide bonds. The molecule has 0 atom stereocenters. The standard InChI is InChI=1S/C25H27FN6O3S.C25H29FN6O3S.C25H32FN5O3S.C25H28N6O3S/c1-15(2)32-17(14-27-3)11-25(30-32)36(34,35)31-24(33)13-21-18-6-5-7-19(18)22(26)12-20(21)16-8-9-29-23(10-16)28-4;1-15(2)20-10-18(26)11-21(17-7-8-29-23(9-17)28-6)22(20)13-24(33)31-36(34,35)25-12-19(14-27-5)32(30-25)16(3)4;1-15(2)21-10-19(26)11-22(18-7-8-28-17(5)9-18)23(21)13-24(32)30-35(33,34)25-12-20(14-27-6)31(29-25)16(3)4;1-16(2)31-19(15-26-3)13-25(29-31)35(33,34)30-24(32)14-22-20-7-5-6-17(20)8-9-21(22)18-10-11-28-23(12-18)27-4/h8-12,15,27H,5-7,13-14H2,1-3H3,(H,31,33);7-12,15-16,27H,13-14H2,1-5H3,(H,31,33);7-12,15-16,27H,13-14H2,1-6H3,(H,30,32);8-13,16,26H,5-7,14-15H2,1-3H3,(H,30,32). The van der Waals surface area contributed by atoms with Gasteiger partial charge in [0.25, 0.3) is 57.5 Å². The maximum atomic E-state index is 14.9. The first-order valence-corrected chi connectivity index (χ1v) is 51.9. The van der Waals surface area contributed by atoms with Crippen LogP contribution in [0.4, 0.5) is 30.6 Å². The number of halogens is 3. The van der Waals surface area contributed by atoms with E-state index in [4.69, 9.17) is 19.7 Å². The van der Waals surface area contributed by atoms with Crippen molar-refractivity contribution in [1.29, 1.82) is 0 Å². The number of rotatable bonds is 34. The summed E-state index contributed by atoms with van der Waals surface area (Å²) in [6, 6.07) is 29.6. The van der Waals surface area contributed by atoms with E-state index in [1.165, 1.54) is 84.7 Å². The molecule has 12 aromatic rings. The molecule has 14 rings (SSSR count). The Morgan fingerprint density at radius 1 is 0.359 bits per heavy atom. The largest absolute Gasteiger partial charge is 0.361 e. The first kappa shape index (κ1) is 109. The molecule has 8 heterocycles. The lowest BCUT2D eigenvalue weighted by molar-refractivity contribution is -0.119. The quantitative estimate of drug-likeness (QED) is 0.0174. The second kappa shape index (κ2) is 47.1. The number of aryl methyl sites for hydroxylation is 2. The van der Waals surface area contributed by atoms with E-state index < -0.39 is 75.4 Å². The normalized spacial score (nSPS) is 12.4. The number of amides is 4. The van der Waals surface area contributed by atoms with Gasteiger partial charge in [0.05, 0.1) is 48.5 Å². The molecule has 2 aliphatic rings. The number of aromatic nitrogens is 12. The molecule has 142 heavy (non-hydrogen) atoms. The number of carbonyl (C=O) groups is 4. The van der Waals surface area contributed by atoms with Gasteiger partial charge in [0.2, 0.25) is 23.6 Å². The Morgan fingerprint density at radius 3 is 0.979 bits per heavy atom. The number of carbonyl (C=O) groups excluding carboxylic acids is 4. The van der Waals surface area contributed by atoms with Crippen LogP contribution in [0.25, 0.3) is 59.0 Å². The van der Waals surface area contributed by atoms with Gasteiger partial charge in [-0.15, -0.1) is 15.0 Å². The number of pyridine rings is 4. The van der Waals surface area contributed by atoms with Crippen LogP contribution >= 0.6 is 0 Å². The number of hydrogen-bond donors (Lipinski definition) is 8. The summed E-state index contributed by atoms with van der Waals surface area (Å²) < 4.78 is 163. The van der Waals surface area contributed by atoms with E-state index in [0.29, 0.717) is 129 Å². The lowest BCUT2D eigenvalue weighted by Gasteiger charge is -2.18. The fraction of sp³-hybridized carbons (Fsp3) is 0.370. The van der Waals surface area contributed by atoms with E-state index in [9.17, 15) is 66.0 Å². The third kappa shape index (κ3) is 26.5. The number of nitrogens with one attached hydrogen (secondary N) is 8. The number of hydrogen-bond acceptors (Lipinski definition) is 24. The van der Waals surface area contributed by atoms with Crippen LogP contribution in [0.3, 0.4) is 0 Å². The van der Waals surface area contributed by atoms with Gasteiger partial charge in [0.1, 0.15) is 36.0 Å². The van der Waals surface area contributed by atoms with Gasteiger partial charge in [-0.05, 0) is 320 Å². The number of nitrogens with zero attached hydrogens (tertiary/aromatic N) is 15. The van der Waals surface area contributed by atoms with Crippen LogP contribution in [0.15, 0.2) is 160 Å². The third-order valence-corrected chi connectivity index (χ3v) is 28.3. The fourth-order valence-corrected chi connectivity index (χ4v) is 21.0. The number of fused-ring (bicyclic) bond motifs is 2. The lowest BCUT2D eigenvalue weighted by Crippen LogP contribution is -2.32. The molecule has 0 saturated carbocycles. The monoisotopic (exact) mass is 2020 g/mol. The Morgan fingerprint density at radius 2 is 0.655 bits per heavy atom. The molecular formula is C100H116F3N23O12S4. The van der Waals surface area contributed by atoms with Crippen molar-refractivity contribution in [3.05, 3.63) is 276 Å². The Kier molecular flexibility index (Phi) is 36.0. The molecule has 748 valence electrons. The minimum Gasteiger partial charge on any atom is -0.361 e. The van der Waals surface area contributed by atoms with E-state index in [2.05, 4.69) is 101 Å². The SMILES string of the molecule is CNCc1cc(S(=O)(=O)NC(=O)Cc2c(-c3ccnc(C)c3)cc(F)cc2C(C)C)nn1C(C)C.[C-]#[N+]c1cc(-c2cc(F)c3c(c2CC(=O)NS(=O)(=O)c2cc(CNC)n(C(C)C)n2)CCC3)ccn1.[C-]#[N+]c1cc(-c2cc(F)cc(C(C)C)c2CC(=O)NS(=O)(=O)c2cc(CNC)n(C(C)C)n2)ccn1.[C-]#[N+]c1cc(-c2ccc3c(c2CC(=O)NS(=O)(=O)c2cc(CNC)n(C(C)C)n2)CCC3)ccn1. The van der Waals surface area contributed by atoms with Crippen LogP contribution < -0.4 is 40.2 Å². The molecule has 0 unspecified atom stereocenters. The second-order valence-electron chi connectivity index (χ2n) is 35.9. The van der Waals surface area contributed by atoms with Gasteiger partial charge < -0.3 is 35.8 Å². The average molecular weight is 2020 g/mol. The number of benzene rings is 4. The number of sulfonamides is 4. The smallest absolute Gasteiger partial charge is 0.283 e. The molecule has 0 spiro atoms. The van der Waals surface area contributed by atoms with Crippen LogP contribution in [0.2, 0.25) is 0 Å². The summed E-state index contributed by atoms with van der Waals surface area (Å²) in [5.41, 5.74) is 15.4. The summed E-state index contributed by atoms with van der Waals surface area (Å²) in [5, 5.41) is 27.9. The zero-order valence-corrected chi connectivity index (χ0v) is 85.3. The van der Waals surface area contributed by atoms with Crippen LogP contribution in [0.1, 0.15) is 216 Å². The van der Waals surface area contributed by atoms with Gasteiger partial charge >= 0.3 is 0 Å². The van der Waals surface area contributed by atoms with Crippen molar-refractivity contribution in [1.82, 2.24) is 99.2 Å². The minimum atomic E-state index is -4.25. The molecule has 2 aliphatic carbocycles. The summed E-state index contributed by atoms with van der Waals surface area (Å²) >= 11 is 0. The topological polar surface area (TPSA) is 437 Å². The van der Waals surface area contributed by atoms with Gasteiger partial charge in [-0.3, -0.25) is 42.9 Å². The predicted molar refractivity (Wildman–Crippen MR) is 532 cm³/mol. The molecule has 0 fully saturated rings. The highest BCUT2D eigenvalue weighted by atomic mass is 32.2. The molecule has 8 aromatic heterocycles. The second-order valence-corrected chi connectivity index (χ2v) is 42.4. The minimum absolute atomic E-state index is 0.0341. The molecule has 8 N–H and O–H groups in total. The summed E-state index contributed by atoms with van der Waals surface area (Å²) in [5.74, 6) is -3.86. The zero-order valence-electron chi connectivity index (χ0n) is 82.0. The van der Waals surface area contributed by atoms with E-state index >= 15 is 0 Å². The highest BCUT2D eigenvalue weighted by Gasteiger charge is 2.34. The van der Waals surface area contributed by atoms with E-state index in [1.54, 1.807) is 95.7 Å². The summed E-state index contributed by atoms with van der Waals surface area (Å²) in [6.07, 6.45) is 9.78. The Hall–Kier alpha value is -13.9. The van der Waals surface area contributed by atoms with Gasteiger partial charge in [0.15, 0.2) is 20.1 Å². The van der Waals surface area contributed by atoms with Crippen molar-refractivity contribution in [2.45, 2.75) is 237 Å². The zero-order chi connectivity index (χ0) is 104. The first-order valence-electron chi connectivity index (χ1n) is 46.0. The van der Waals surface area contributed by atoms with Crippen molar-refractivity contribution in [3.8, 4) is 44.5 Å². The Bertz CT molecular complexity index is 7380. The maximum Gasteiger partial charge on any atom is 0.283 e. The van der Waals surface area contributed by atoms with Crippen molar-refractivity contribution in [3.63, 3.8) is 0 Å². The maximum absolute atomic E-state index is 14.9. The average Bonchev–Trinajstić information content (AvgIpc) is 1.35. The molecule has 0 aliphatic heterocycles. The van der Waals surface area contributed by atoms with E-state index in [1.807, 2.05) is 96.1 Å². The summed E-state index contributed by atoms with van der Waals surface area (Å²) in [7, 11) is -9.81. The van der Waals surface area contributed by atoms with Crippen molar-refractivity contribution in [2.24, 2.45) is 0 Å². The molecule has 4 aromatic carbocycles. The Labute approximate surface area is 826 Å². The summed E-state index contributed by atoms with van der Waals surface area (Å²) in [4.78, 5) is 78.4. The van der Waals surface area contributed by atoms with Crippen molar-refractivity contribution < 1.29 is 66.0 Å². The van der Waals surface area contributed by atoms with Gasteiger partial charge in [-0.2, -0.15) is 54.1 Å². The van der Waals surface area contributed by atoms with Crippen molar-refractivity contribution in [2.75, 3.05) is 28.2 Å². The highest BCUT2D eigenvalue weighted by Crippen LogP contribution is 2.41. The van der Waals surface area contributed by atoms with Crippen LogP contribution in [0, 0.1) is 44.1 Å². The van der Waals surface area contributed by atoms with Crippen molar-refractivity contribution >= 4 is 81.2 Å². The fourth-order valence-electron chi connectivity index (χ4n) is 17.2. The molecule has 0 radical (unpaired) electrons.